The normalized spacial score (nSPS) is 15.9. The number of carboxylic acids is 1. The number of carboxylic acid groups (broad SMARTS) is 1. The first-order valence-electron chi connectivity index (χ1n) is 9.10. The SMILES string of the molecule is CC(=O)N1CCC(C(=O)NCCOc2ccc(C[C@H](N)C(=O)O)cc2)CC1. The molecule has 1 aromatic rings. The topological polar surface area (TPSA) is 122 Å². The van der Waals surface area contributed by atoms with Gasteiger partial charge in [0, 0.05) is 25.9 Å². The van der Waals surface area contributed by atoms with Crippen molar-refractivity contribution in [2.24, 2.45) is 11.7 Å². The van der Waals surface area contributed by atoms with E-state index in [1.807, 2.05) is 0 Å². The van der Waals surface area contributed by atoms with Crippen LogP contribution in [0, 0.1) is 5.92 Å². The number of ether oxygens (including phenoxy) is 1. The molecular formula is C19H27N3O5. The second kappa shape index (κ2) is 9.91. The molecular weight excluding hydrogens is 350 g/mol. The number of hydrogen-bond donors (Lipinski definition) is 3. The number of likely N-dealkylation sites (tertiary alicyclic amines) is 1. The molecule has 0 spiro atoms. The minimum absolute atomic E-state index is 0.000178. The Balaban J connectivity index is 1.66. The number of nitrogens with two attached hydrogens (primary N) is 1. The largest absolute Gasteiger partial charge is 0.492 e. The molecule has 1 heterocycles. The van der Waals surface area contributed by atoms with Crippen LogP contribution in [0.3, 0.4) is 0 Å². The summed E-state index contributed by atoms with van der Waals surface area (Å²) in [6.45, 7) is 3.54. The van der Waals surface area contributed by atoms with E-state index in [0.717, 1.165) is 5.56 Å². The van der Waals surface area contributed by atoms with E-state index in [2.05, 4.69) is 5.32 Å². The predicted octanol–water partition coefficient (Wildman–Crippen LogP) is 0.395. The minimum atomic E-state index is -1.03. The molecule has 8 nitrogen and oxygen atoms in total. The van der Waals surface area contributed by atoms with E-state index in [0.29, 0.717) is 44.8 Å². The lowest BCUT2D eigenvalue weighted by Crippen LogP contribution is -2.42. The predicted molar refractivity (Wildman–Crippen MR) is 99.2 cm³/mol. The summed E-state index contributed by atoms with van der Waals surface area (Å²) >= 11 is 0. The minimum Gasteiger partial charge on any atom is -0.492 e. The fourth-order valence-electron chi connectivity index (χ4n) is 3.01. The van der Waals surface area contributed by atoms with Gasteiger partial charge in [-0.1, -0.05) is 12.1 Å². The third-order valence-corrected chi connectivity index (χ3v) is 4.68. The molecule has 0 bridgehead atoms. The Morgan fingerprint density at radius 2 is 1.89 bits per heavy atom. The van der Waals surface area contributed by atoms with Crippen LogP contribution in [-0.2, 0) is 20.8 Å². The summed E-state index contributed by atoms with van der Waals surface area (Å²) in [6.07, 6.45) is 1.63. The zero-order chi connectivity index (χ0) is 19.8. The number of nitrogens with zero attached hydrogens (tertiary/aromatic N) is 1. The standard InChI is InChI=1S/C19H27N3O5/c1-13(23)22-9-6-15(7-10-22)18(24)21-8-11-27-16-4-2-14(3-5-16)12-17(20)19(25)26/h2-5,15,17H,6-12,20H2,1H3,(H,21,24)(H,25,26)/t17-/m0/s1. The average molecular weight is 377 g/mol. The molecule has 1 atom stereocenters. The smallest absolute Gasteiger partial charge is 0.320 e. The van der Waals surface area contributed by atoms with Gasteiger partial charge in [-0.2, -0.15) is 0 Å². The van der Waals surface area contributed by atoms with Gasteiger partial charge in [0.2, 0.25) is 11.8 Å². The van der Waals surface area contributed by atoms with Crippen LogP contribution < -0.4 is 15.8 Å². The molecule has 27 heavy (non-hydrogen) atoms. The number of rotatable bonds is 8. The van der Waals surface area contributed by atoms with E-state index >= 15 is 0 Å². The van der Waals surface area contributed by atoms with Crippen LogP contribution in [0.2, 0.25) is 0 Å². The molecule has 1 fully saturated rings. The van der Waals surface area contributed by atoms with Crippen molar-refractivity contribution in [3.63, 3.8) is 0 Å². The second-order valence-electron chi connectivity index (χ2n) is 6.71. The number of benzene rings is 1. The molecule has 1 aliphatic rings. The molecule has 2 rings (SSSR count). The third kappa shape index (κ3) is 6.56. The molecule has 2 amide bonds. The molecule has 1 aliphatic heterocycles. The van der Waals surface area contributed by atoms with Crippen LogP contribution in [0.15, 0.2) is 24.3 Å². The van der Waals surface area contributed by atoms with E-state index in [1.165, 1.54) is 0 Å². The van der Waals surface area contributed by atoms with Crippen LogP contribution >= 0.6 is 0 Å². The average Bonchev–Trinajstić information content (AvgIpc) is 2.66. The first-order valence-corrected chi connectivity index (χ1v) is 9.10. The lowest BCUT2D eigenvalue weighted by molar-refractivity contribution is -0.138. The van der Waals surface area contributed by atoms with E-state index in [9.17, 15) is 14.4 Å². The van der Waals surface area contributed by atoms with Crippen molar-refractivity contribution in [3.05, 3.63) is 29.8 Å². The van der Waals surface area contributed by atoms with Crippen molar-refractivity contribution < 1.29 is 24.2 Å². The summed E-state index contributed by atoms with van der Waals surface area (Å²) in [7, 11) is 0. The van der Waals surface area contributed by atoms with Crippen LogP contribution in [0.25, 0.3) is 0 Å². The summed E-state index contributed by atoms with van der Waals surface area (Å²) in [6, 6.07) is 6.14. The van der Waals surface area contributed by atoms with Gasteiger partial charge in [-0.25, -0.2) is 0 Å². The number of carbonyl (C=O) groups excluding carboxylic acids is 2. The molecule has 4 N–H and O–H groups in total. The summed E-state index contributed by atoms with van der Waals surface area (Å²) < 4.78 is 5.58. The van der Waals surface area contributed by atoms with Crippen molar-refractivity contribution >= 4 is 17.8 Å². The Morgan fingerprint density at radius 1 is 1.26 bits per heavy atom. The molecule has 0 saturated carbocycles. The van der Waals surface area contributed by atoms with Gasteiger partial charge in [0.25, 0.3) is 0 Å². The van der Waals surface area contributed by atoms with Gasteiger partial charge in [0.05, 0.1) is 6.54 Å². The molecule has 0 unspecified atom stereocenters. The maximum atomic E-state index is 12.2. The molecule has 8 heteroatoms. The quantitative estimate of drug-likeness (QED) is 0.564. The Labute approximate surface area is 158 Å². The fraction of sp³-hybridized carbons (Fsp3) is 0.526. The summed E-state index contributed by atoms with van der Waals surface area (Å²) in [5.41, 5.74) is 6.33. The number of amides is 2. The van der Waals surface area contributed by atoms with Crippen LogP contribution in [0.1, 0.15) is 25.3 Å². The molecule has 148 valence electrons. The van der Waals surface area contributed by atoms with Gasteiger partial charge in [-0.15, -0.1) is 0 Å². The van der Waals surface area contributed by atoms with Gasteiger partial charge < -0.3 is 25.8 Å². The summed E-state index contributed by atoms with van der Waals surface area (Å²) in [5, 5.41) is 11.7. The third-order valence-electron chi connectivity index (χ3n) is 4.68. The monoisotopic (exact) mass is 377 g/mol. The van der Waals surface area contributed by atoms with Gasteiger partial charge in [0.1, 0.15) is 18.4 Å². The molecule has 0 aliphatic carbocycles. The Morgan fingerprint density at radius 3 is 2.44 bits per heavy atom. The van der Waals surface area contributed by atoms with E-state index < -0.39 is 12.0 Å². The zero-order valence-electron chi connectivity index (χ0n) is 15.5. The summed E-state index contributed by atoms with van der Waals surface area (Å²) in [4.78, 5) is 36.0. The van der Waals surface area contributed by atoms with Crippen molar-refractivity contribution in [2.45, 2.75) is 32.2 Å². The number of aliphatic carboxylic acids is 1. The fourth-order valence-corrected chi connectivity index (χ4v) is 3.01. The molecule has 1 saturated heterocycles. The first-order chi connectivity index (χ1) is 12.9. The van der Waals surface area contributed by atoms with Gasteiger partial charge >= 0.3 is 5.97 Å². The highest BCUT2D eigenvalue weighted by Crippen LogP contribution is 2.17. The van der Waals surface area contributed by atoms with Gasteiger partial charge in [-0.05, 0) is 37.0 Å². The van der Waals surface area contributed by atoms with Crippen LogP contribution in [0.4, 0.5) is 0 Å². The highest BCUT2D eigenvalue weighted by molar-refractivity contribution is 5.79. The first kappa shape index (κ1) is 20.7. The lowest BCUT2D eigenvalue weighted by Gasteiger charge is -2.30. The molecule has 0 aromatic heterocycles. The highest BCUT2D eigenvalue weighted by atomic mass is 16.5. The Hall–Kier alpha value is -2.61. The van der Waals surface area contributed by atoms with Crippen molar-refractivity contribution in [3.8, 4) is 5.75 Å². The van der Waals surface area contributed by atoms with Gasteiger partial charge in [0.15, 0.2) is 0 Å². The maximum absolute atomic E-state index is 12.2. The number of nitrogens with one attached hydrogen (secondary N) is 1. The Kier molecular flexibility index (Phi) is 7.60. The maximum Gasteiger partial charge on any atom is 0.320 e. The number of carbonyl (C=O) groups is 3. The van der Waals surface area contributed by atoms with E-state index in [-0.39, 0.29) is 24.2 Å². The Bertz CT molecular complexity index is 654. The number of hydrogen-bond acceptors (Lipinski definition) is 5. The molecule has 1 aromatic carbocycles. The van der Waals surface area contributed by atoms with Crippen LogP contribution in [-0.4, -0.2) is 60.1 Å². The van der Waals surface area contributed by atoms with Crippen molar-refractivity contribution in [1.82, 2.24) is 10.2 Å². The number of piperidine rings is 1. The van der Waals surface area contributed by atoms with E-state index in [1.54, 1.807) is 36.1 Å². The van der Waals surface area contributed by atoms with Gasteiger partial charge in [-0.3, -0.25) is 14.4 Å². The molecule has 0 radical (unpaired) electrons. The summed E-state index contributed by atoms with van der Waals surface area (Å²) in [5.74, 6) is -0.388. The second-order valence-corrected chi connectivity index (χ2v) is 6.71. The zero-order valence-corrected chi connectivity index (χ0v) is 15.5. The lowest BCUT2D eigenvalue weighted by atomic mass is 9.96. The van der Waals surface area contributed by atoms with Crippen molar-refractivity contribution in [2.75, 3.05) is 26.2 Å². The van der Waals surface area contributed by atoms with E-state index in [4.69, 9.17) is 15.6 Å². The van der Waals surface area contributed by atoms with Crippen molar-refractivity contribution in [1.29, 1.82) is 0 Å². The van der Waals surface area contributed by atoms with Crippen LogP contribution in [0.5, 0.6) is 5.75 Å². The highest BCUT2D eigenvalue weighted by Gasteiger charge is 2.25.